The molecule has 0 heterocycles. The molecule has 3 rings (SSSR count). The molecule has 150 valence electrons. The SMILES string of the molecule is Cc1ccccc1NC(=O)/C(C#N)=C/c1ccccc1OS(=O)(=O)c1ccccc1. The summed E-state index contributed by atoms with van der Waals surface area (Å²) in [5.41, 5.74) is 1.53. The van der Waals surface area contributed by atoms with Crippen molar-refractivity contribution in [2.75, 3.05) is 5.32 Å². The first-order valence-electron chi connectivity index (χ1n) is 8.98. The highest BCUT2D eigenvalue weighted by Gasteiger charge is 2.18. The number of hydrogen-bond donors (Lipinski definition) is 1. The summed E-state index contributed by atoms with van der Waals surface area (Å²) in [6.07, 6.45) is 1.30. The molecule has 1 N–H and O–H groups in total. The molecular weight excluding hydrogens is 400 g/mol. The van der Waals surface area contributed by atoms with E-state index in [1.807, 2.05) is 25.1 Å². The summed E-state index contributed by atoms with van der Waals surface area (Å²) >= 11 is 0. The minimum atomic E-state index is -4.07. The number of benzene rings is 3. The van der Waals surface area contributed by atoms with Crippen LogP contribution >= 0.6 is 0 Å². The second-order valence-electron chi connectivity index (χ2n) is 6.33. The summed E-state index contributed by atoms with van der Waals surface area (Å²) in [5.74, 6) is -0.592. The summed E-state index contributed by atoms with van der Waals surface area (Å²) in [6, 6.07) is 23.0. The van der Waals surface area contributed by atoms with Crippen molar-refractivity contribution in [2.24, 2.45) is 0 Å². The molecule has 7 heteroatoms. The fourth-order valence-electron chi connectivity index (χ4n) is 2.64. The summed E-state index contributed by atoms with van der Waals surface area (Å²) in [5, 5.41) is 12.2. The van der Waals surface area contributed by atoms with Gasteiger partial charge in [0.05, 0.1) is 0 Å². The van der Waals surface area contributed by atoms with Crippen molar-refractivity contribution in [1.82, 2.24) is 0 Å². The van der Waals surface area contributed by atoms with E-state index in [1.165, 1.54) is 24.3 Å². The van der Waals surface area contributed by atoms with Gasteiger partial charge in [-0.25, -0.2) is 0 Å². The van der Waals surface area contributed by atoms with E-state index in [4.69, 9.17) is 4.18 Å². The molecule has 0 spiro atoms. The van der Waals surface area contributed by atoms with Gasteiger partial charge in [0.25, 0.3) is 5.91 Å². The van der Waals surface area contributed by atoms with Crippen molar-refractivity contribution in [1.29, 1.82) is 5.26 Å². The van der Waals surface area contributed by atoms with Crippen LogP contribution in [0.1, 0.15) is 11.1 Å². The molecule has 0 aliphatic carbocycles. The van der Waals surface area contributed by atoms with Gasteiger partial charge in [-0.2, -0.15) is 13.7 Å². The predicted molar refractivity (Wildman–Crippen MR) is 114 cm³/mol. The molecule has 0 radical (unpaired) electrons. The Hall–Kier alpha value is -3.89. The van der Waals surface area contributed by atoms with E-state index < -0.39 is 16.0 Å². The largest absolute Gasteiger partial charge is 0.378 e. The third-order valence-electron chi connectivity index (χ3n) is 4.21. The van der Waals surface area contributed by atoms with Crippen LogP contribution in [0, 0.1) is 18.3 Å². The molecule has 0 aliphatic heterocycles. The van der Waals surface area contributed by atoms with Gasteiger partial charge in [-0.1, -0.05) is 54.6 Å². The molecule has 0 atom stereocenters. The summed E-state index contributed by atoms with van der Waals surface area (Å²) in [7, 11) is -4.07. The average molecular weight is 418 g/mol. The van der Waals surface area contributed by atoms with Crippen molar-refractivity contribution in [3.8, 4) is 11.8 Å². The van der Waals surface area contributed by atoms with Crippen molar-refractivity contribution in [3.63, 3.8) is 0 Å². The maximum absolute atomic E-state index is 12.6. The van der Waals surface area contributed by atoms with Gasteiger partial charge in [0, 0.05) is 11.3 Å². The van der Waals surface area contributed by atoms with Crippen molar-refractivity contribution >= 4 is 27.8 Å². The van der Waals surface area contributed by atoms with Crippen LogP contribution < -0.4 is 9.50 Å². The van der Waals surface area contributed by atoms with Gasteiger partial charge in [-0.05, 0) is 42.8 Å². The number of nitriles is 1. The summed E-state index contributed by atoms with van der Waals surface area (Å²) in [4.78, 5) is 12.6. The molecule has 0 aromatic heterocycles. The van der Waals surface area contributed by atoms with Crippen LogP contribution in [0.25, 0.3) is 6.08 Å². The molecule has 0 fully saturated rings. The van der Waals surface area contributed by atoms with Gasteiger partial charge in [0.1, 0.15) is 22.3 Å². The zero-order chi connectivity index (χ0) is 21.6. The lowest BCUT2D eigenvalue weighted by Gasteiger charge is -2.10. The first kappa shape index (κ1) is 20.8. The lowest BCUT2D eigenvalue weighted by Crippen LogP contribution is -2.14. The smallest absolute Gasteiger partial charge is 0.339 e. The molecule has 3 aromatic rings. The zero-order valence-corrected chi connectivity index (χ0v) is 16.9. The van der Waals surface area contributed by atoms with E-state index >= 15 is 0 Å². The van der Waals surface area contributed by atoms with Crippen LogP contribution in [0.2, 0.25) is 0 Å². The number of carbonyl (C=O) groups excluding carboxylic acids is 1. The van der Waals surface area contributed by atoms with Gasteiger partial charge < -0.3 is 9.50 Å². The van der Waals surface area contributed by atoms with E-state index in [0.717, 1.165) is 5.56 Å². The van der Waals surface area contributed by atoms with Gasteiger partial charge in [0.2, 0.25) is 0 Å². The standard InChI is InChI=1S/C23H18N2O4S/c1-17-9-5-7-13-21(17)25-23(26)19(16-24)15-18-10-6-8-14-22(18)29-30(27,28)20-11-3-2-4-12-20/h2-15H,1H3,(H,25,26)/b19-15+. The number of aryl methyl sites for hydroxylation is 1. The Morgan fingerprint density at radius 1 is 0.967 bits per heavy atom. The monoisotopic (exact) mass is 418 g/mol. The number of rotatable bonds is 6. The fraction of sp³-hybridized carbons (Fsp3) is 0.0435. The van der Waals surface area contributed by atoms with E-state index in [9.17, 15) is 18.5 Å². The number of para-hydroxylation sites is 2. The fourth-order valence-corrected chi connectivity index (χ4v) is 3.61. The second-order valence-corrected chi connectivity index (χ2v) is 7.87. The average Bonchev–Trinajstić information content (AvgIpc) is 2.75. The Balaban J connectivity index is 1.90. The third kappa shape index (κ3) is 4.93. The van der Waals surface area contributed by atoms with Crippen molar-refractivity contribution in [2.45, 2.75) is 11.8 Å². The number of nitrogens with one attached hydrogen (secondary N) is 1. The predicted octanol–water partition coefficient (Wildman–Crippen LogP) is 4.31. The van der Waals surface area contributed by atoms with Gasteiger partial charge >= 0.3 is 10.1 Å². The molecule has 0 aliphatic rings. The number of amides is 1. The van der Waals surface area contributed by atoms with E-state index in [1.54, 1.807) is 48.5 Å². The molecular formula is C23H18N2O4S. The molecule has 0 saturated heterocycles. The topological polar surface area (TPSA) is 96.3 Å². The Morgan fingerprint density at radius 3 is 2.30 bits per heavy atom. The molecule has 0 unspecified atom stereocenters. The minimum absolute atomic E-state index is 0.00147. The van der Waals surface area contributed by atoms with Crippen LogP contribution in [0.5, 0.6) is 5.75 Å². The van der Waals surface area contributed by atoms with E-state index in [2.05, 4.69) is 5.32 Å². The van der Waals surface area contributed by atoms with Crippen molar-refractivity contribution < 1.29 is 17.4 Å². The van der Waals surface area contributed by atoms with Crippen LogP contribution in [0.4, 0.5) is 5.69 Å². The van der Waals surface area contributed by atoms with Gasteiger partial charge in [0.15, 0.2) is 0 Å². The number of carbonyl (C=O) groups is 1. The molecule has 0 saturated carbocycles. The van der Waals surface area contributed by atoms with E-state index in [-0.39, 0.29) is 21.8 Å². The lowest BCUT2D eigenvalue weighted by molar-refractivity contribution is -0.112. The lowest BCUT2D eigenvalue weighted by atomic mass is 10.1. The Bertz CT molecular complexity index is 1240. The molecule has 1 amide bonds. The minimum Gasteiger partial charge on any atom is -0.378 e. The maximum atomic E-state index is 12.6. The van der Waals surface area contributed by atoms with E-state index in [0.29, 0.717) is 5.69 Å². The highest BCUT2D eigenvalue weighted by atomic mass is 32.2. The number of nitrogens with zero attached hydrogens (tertiary/aromatic N) is 1. The van der Waals surface area contributed by atoms with Crippen LogP contribution in [0.15, 0.2) is 89.3 Å². The first-order valence-corrected chi connectivity index (χ1v) is 10.4. The summed E-state index contributed by atoms with van der Waals surface area (Å²) < 4.78 is 30.3. The van der Waals surface area contributed by atoms with Crippen LogP contribution in [-0.2, 0) is 14.9 Å². The van der Waals surface area contributed by atoms with Crippen molar-refractivity contribution in [3.05, 3.63) is 95.6 Å². The first-order chi connectivity index (χ1) is 14.4. The number of hydrogen-bond acceptors (Lipinski definition) is 5. The molecule has 0 bridgehead atoms. The Kier molecular flexibility index (Phi) is 6.30. The molecule has 6 nitrogen and oxygen atoms in total. The van der Waals surface area contributed by atoms with Gasteiger partial charge in [-0.3, -0.25) is 4.79 Å². The summed E-state index contributed by atoms with van der Waals surface area (Å²) in [6.45, 7) is 1.84. The number of anilines is 1. The normalized spacial score (nSPS) is 11.4. The van der Waals surface area contributed by atoms with Crippen LogP contribution in [0.3, 0.4) is 0 Å². The Morgan fingerprint density at radius 2 is 1.60 bits per heavy atom. The maximum Gasteiger partial charge on any atom is 0.339 e. The second kappa shape index (κ2) is 9.07. The quantitative estimate of drug-likeness (QED) is 0.366. The highest BCUT2D eigenvalue weighted by Crippen LogP contribution is 2.25. The molecule has 30 heavy (non-hydrogen) atoms. The third-order valence-corrected chi connectivity index (χ3v) is 5.46. The zero-order valence-electron chi connectivity index (χ0n) is 16.1. The highest BCUT2D eigenvalue weighted by molar-refractivity contribution is 7.87. The van der Waals surface area contributed by atoms with Gasteiger partial charge in [-0.15, -0.1) is 0 Å². The molecule has 3 aromatic carbocycles. The Labute approximate surface area is 175 Å². The van der Waals surface area contributed by atoms with Crippen LogP contribution in [-0.4, -0.2) is 14.3 Å².